The maximum atomic E-state index is 8.56. The molecule has 0 spiro atoms. The predicted octanol–water partition coefficient (Wildman–Crippen LogP) is 0.106. The van der Waals surface area contributed by atoms with Gasteiger partial charge in [0.2, 0.25) is 0 Å². The average Bonchev–Trinajstić information content (AvgIpc) is 1.60. The maximum absolute atomic E-state index is 8.56. The zero-order chi connectivity index (χ0) is 6.20. The van der Waals surface area contributed by atoms with Gasteiger partial charge in [0.15, 0.2) is 0 Å². The lowest BCUT2D eigenvalue weighted by Gasteiger charge is -2.41. The molecule has 1 rings (SSSR count). The van der Waals surface area contributed by atoms with Gasteiger partial charge in [-0.1, -0.05) is 0 Å². The highest BCUT2D eigenvalue weighted by Crippen LogP contribution is 2.34. The van der Waals surface area contributed by atoms with Crippen LogP contribution in [0.3, 0.4) is 0 Å². The fraction of sp³-hybridized carbons (Fsp3) is 1.00. The number of rotatable bonds is 1. The van der Waals surface area contributed by atoms with Crippen molar-refractivity contribution >= 4 is 0 Å². The van der Waals surface area contributed by atoms with Gasteiger partial charge in [-0.05, 0) is 25.7 Å². The van der Waals surface area contributed by atoms with Gasteiger partial charge in [0, 0.05) is 12.1 Å². The van der Waals surface area contributed by atoms with Crippen molar-refractivity contribution < 1.29 is 5.11 Å². The first kappa shape index (κ1) is 6.05. The van der Waals surface area contributed by atoms with Crippen molar-refractivity contribution in [3.05, 3.63) is 0 Å². The molecule has 8 heavy (non-hydrogen) atoms. The van der Waals surface area contributed by atoms with Crippen LogP contribution >= 0.6 is 0 Å². The van der Waals surface area contributed by atoms with E-state index >= 15 is 0 Å². The topological polar surface area (TPSA) is 46.2 Å². The van der Waals surface area contributed by atoms with Gasteiger partial charge in [0.05, 0.1) is 0 Å². The predicted molar refractivity (Wildman–Crippen MR) is 32.4 cm³/mol. The molecule has 1 aliphatic carbocycles. The molecule has 1 aliphatic rings. The summed E-state index contributed by atoms with van der Waals surface area (Å²) in [4.78, 5) is 0. The van der Waals surface area contributed by atoms with Crippen LogP contribution in [0.4, 0.5) is 0 Å². The van der Waals surface area contributed by atoms with E-state index in [4.69, 9.17) is 10.8 Å². The molecule has 0 saturated heterocycles. The van der Waals surface area contributed by atoms with Crippen molar-refractivity contribution in [2.24, 2.45) is 11.7 Å². The molecular formula is C6H13NO. The standard InChI is InChI=1S/C6H13NO/c1-6(7)2-5(3-6)4-8/h5,8H,2-4,7H2,1H3. The molecule has 2 heteroatoms. The largest absolute Gasteiger partial charge is 0.396 e. The minimum absolute atomic E-state index is 0.0351. The molecule has 0 aromatic rings. The summed E-state index contributed by atoms with van der Waals surface area (Å²) in [5.74, 6) is 0.491. The lowest BCUT2D eigenvalue weighted by atomic mass is 9.71. The van der Waals surface area contributed by atoms with Crippen molar-refractivity contribution in [1.29, 1.82) is 0 Å². The Morgan fingerprint density at radius 3 is 2.38 bits per heavy atom. The first-order chi connectivity index (χ1) is 3.64. The second-order valence-electron chi connectivity index (χ2n) is 3.11. The zero-order valence-electron chi connectivity index (χ0n) is 5.22. The molecule has 0 aromatic carbocycles. The number of aliphatic hydroxyl groups is 1. The monoisotopic (exact) mass is 115 g/mol. The summed E-state index contributed by atoms with van der Waals surface area (Å²) >= 11 is 0. The summed E-state index contributed by atoms with van der Waals surface area (Å²) < 4.78 is 0. The van der Waals surface area contributed by atoms with E-state index in [-0.39, 0.29) is 5.54 Å². The highest BCUT2D eigenvalue weighted by molar-refractivity contribution is 4.93. The Bertz CT molecular complexity index is 82.5. The molecule has 0 bridgehead atoms. The average molecular weight is 115 g/mol. The van der Waals surface area contributed by atoms with Gasteiger partial charge in [-0.15, -0.1) is 0 Å². The van der Waals surface area contributed by atoms with Crippen LogP contribution in [0.25, 0.3) is 0 Å². The minimum atomic E-state index is 0.0351. The van der Waals surface area contributed by atoms with Gasteiger partial charge in [0.25, 0.3) is 0 Å². The summed E-state index contributed by atoms with van der Waals surface area (Å²) in [7, 11) is 0. The molecule has 0 amide bonds. The van der Waals surface area contributed by atoms with E-state index in [0.29, 0.717) is 12.5 Å². The molecule has 2 nitrogen and oxygen atoms in total. The van der Waals surface area contributed by atoms with Gasteiger partial charge < -0.3 is 10.8 Å². The highest BCUT2D eigenvalue weighted by Gasteiger charge is 2.35. The van der Waals surface area contributed by atoms with Crippen LogP contribution in [0.5, 0.6) is 0 Å². The SMILES string of the molecule is CC1(N)CC(CO)C1. The van der Waals surface area contributed by atoms with Gasteiger partial charge in [-0.3, -0.25) is 0 Å². The first-order valence-electron chi connectivity index (χ1n) is 3.04. The van der Waals surface area contributed by atoms with Crippen molar-refractivity contribution in [3.63, 3.8) is 0 Å². The summed E-state index contributed by atoms with van der Waals surface area (Å²) in [5.41, 5.74) is 5.71. The lowest BCUT2D eigenvalue weighted by Crippen LogP contribution is -2.50. The second-order valence-corrected chi connectivity index (χ2v) is 3.11. The molecule has 0 unspecified atom stereocenters. The Hall–Kier alpha value is -0.0800. The normalized spacial score (nSPS) is 46.1. The summed E-state index contributed by atoms with van der Waals surface area (Å²) in [6, 6.07) is 0. The van der Waals surface area contributed by atoms with Crippen LogP contribution in [-0.2, 0) is 0 Å². The van der Waals surface area contributed by atoms with Crippen LogP contribution < -0.4 is 5.73 Å². The highest BCUT2D eigenvalue weighted by atomic mass is 16.3. The van der Waals surface area contributed by atoms with Crippen LogP contribution in [0.2, 0.25) is 0 Å². The van der Waals surface area contributed by atoms with Gasteiger partial charge in [-0.2, -0.15) is 0 Å². The Balaban J connectivity index is 2.21. The van der Waals surface area contributed by atoms with E-state index in [9.17, 15) is 0 Å². The Kier molecular flexibility index (Phi) is 1.29. The number of aliphatic hydroxyl groups excluding tert-OH is 1. The van der Waals surface area contributed by atoms with Crippen molar-refractivity contribution in [2.75, 3.05) is 6.61 Å². The van der Waals surface area contributed by atoms with Crippen LogP contribution in [-0.4, -0.2) is 17.3 Å². The van der Waals surface area contributed by atoms with E-state index < -0.39 is 0 Å². The molecule has 3 N–H and O–H groups in total. The zero-order valence-corrected chi connectivity index (χ0v) is 5.22. The van der Waals surface area contributed by atoms with E-state index in [0.717, 1.165) is 12.8 Å². The fourth-order valence-corrected chi connectivity index (χ4v) is 1.39. The van der Waals surface area contributed by atoms with E-state index in [2.05, 4.69) is 0 Å². The molecule has 1 fully saturated rings. The van der Waals surface area contributed by atoms with Crippen molar-refractivity contribution in [1.82, 2.24) is 0 Å². The molecule has 0 radical (unpaired) electrons. The molecule has 0 aliphatic heterocycles. The van der Waals surface area contributed by atoms with Crippen LogP contribution in [0, 0.1) is 5.92 Å². The molecule has 0 aromatic heterocycles. The van der Waals surface area contributed by atoms with Crippen LogP contribution in [0.15, 0.2) is 0 Å². The van der Waals surface area contributed by atoms with Crippen molar-refractivity contribution in [3.8, 4) is 0 Å². The van der Waals surface area contributed by atoms with Crippen LogP contribution in [0.1, 0.15) is 19.8 Å². The van der Waals surface area contributed by atoms with Gasteiger partial charge >= 0.3 is 0 Å². The fourth-order valence-electron chi connectivity index (χ4n) is 1.39. The third kappa shape index (κ3) is 1.01. The van der Waals surface area contributed by atoms with Gasteiger partial charge in [0.1, 0.15) is 0 Å². The van der Waals surface area contributed by atoms with E-state index in [1.807, 2.05) is 6.92 Å². The molecule has 48 valence electrons. The summed E-state index contributed by atoms with van der Waals surface area (Å²) in [6.45, 7) is 2.34. The lowest BCUT2D eigenvalue weighted by molar-refractivity contribution is 0.0935. The number of hydrogen-bond acceptors (Lipinski definition) is 2. The summed E-state index contributed by atoms with van der Waals surface area (Å²) in [5, 5.41) is 8.56. The third-order valence-corrected chi connectivity index (χ3v) is 1.77. The second kappa shape index (κ2) is 1.71. The first-order valence-corrected chi connectivity index (χ1v) is 3.04. The third-order valence-electron chi connectivity index (χ3n) is 1.77. The molecule has 0 heterocycles. The molecule has 0 atom stereocenters. The van der Waals surface area contributed by atoms with E-state index in [1.54, 1.807) is 0 Å². The molecule has 1 saturated carbocycles. The quantitative estimate of drug-likeness (QED) is 0.509. The Labute approximate surface area is 49.7 Å². The minimum Gasteiger partial charge on any atom is -0.396 e. The number of nitrogens with two attached hydrogens (primary N) is 1. The summed E-state index contributed by atoms with van der Waals surface area (Å²) in [6.07, 6.45) is 1.98. The Morgan fingerprint density at radius 1 is 1.75 bits per heavy atom. The van der Waals surface area contributed by atoms with E-state index in [1.165, 1.54) is 0 Å². The van der Waals surface area contributed by atoms with Crippen molar-refractivity contribution in [2.45, 2.75) is 25.3 Å². The maximum Gasteiger partial charge on any atom is 0.0460 e. The smallest absolute Gasteiger partial charge is 0.0460 e. The Morgan fingerprint density at radius 2 is 2.25 bits per heavy atom. The number of hydrogen-bond donors (Lipinski definition) is 2. The molecular weight excluding hydrogens is 102 g/mol. The van der Waals surface area contributed by atoms with Gasteiger partial charge in [-0.25, -0.2) is 0 Å².